The molecule has 0 heterocycles. The summed E-state index contributed by atoms with van der Waals surface area (Å²) in [6, 6.07) is 5.05. The summed E-state index contributed by atoms with van der Waals surface area (Å²) in [5.74, 6) is 0.261. The van der Waals surface area contributed by atoms with Crippen molar-refractivity contribution in [1.82, 2.24) is 5.32 Å². The fourth-order valence-electron chi connectivity index (χ4n) is 1.68. The highest BCUT2D eigenvalue weighted by Gasteiger charge is 2.17. The van der Waals surface area contributed by atoms with E-state index in [2.05, 4.69) is 12.2 Å². The molecule has 1 aromatic carbocycles. The van der Waals surface area contributed by atoms with Crippen LogP contribution < -0.4 is 10.1 Å². The predicted molar refractivity (Wildman–Crippen MR) is 79.1 cm³/mol. The third-order valence-corrected chi connectivity index (χ3v) is 3.22. The van der Waals surface area contributed by atoms with E-state index in [-0.39, 0.29) is 11.9 Å². The van der Waals surface area contributed by atoms with Crippen LogP contribution in [0.1, 0.15) is 33.6 Å². The second-order valence-corrected chi connectivity index (χ2v) is 5.38. The molecule has 0 aliphatic heterocycles. The SMILES string of the molecule is CCC[C@@H](C)NC(=O)[C@H](C)Oc1cc(Cl)ccc1Cl. The molecule has 0 unspecified atom stereocenters. The molecule has 0 aliphatic carbocycles. The average molecular weight is 304 g/mol. The highest BCUT2D eigenvalue weighted by Crippen LogP contribution is 2.28. The Morgan fingerprint density at radius 2 is 2.05 bits per heavy atom. The van der Waals surface area contributed by atoms with Crippen LogP contribution in [0.3, 0.4) is 0 Å². The van der Waals surface area contributed by atoms with E-state index >= 15 is 0 Å². The molecule has 1 rings (SSSR count). The van der Waals surface area contributed by atoms with Crippen LogP contribution in [0, 0.1) is 0 Å². The second-order valence-electron chi connectivity index (χ2n) is 4.53. The molecule has 19 heavy (non-hydrogen) atoms. The maximum Gasteiger partial charge on any atom is 0.260 e. The Balaban J connectivity index is 2.61. The lowest BCUT2D eigenvalue weighted by Crippen LogP contribution is -2.41. The van der Waals surface area contributed by atoms with Gasteiger partial charge in [0.05, 0.1) is 5.02 Å². The van der Waals surface area contributed by atoms with Crippen LogP contribution in [-0.2, 0) is 4.79 Å². The van der Waals surface area contributed by atoms with Crippen molar-refractivity contribution in [2.45, 2.75) is 45.8 Å². The summed E-state index contributed by atoms with van der Waals surface area (Å²) in [6.07, 6.45) is 1.35. The van der Waals surface area contributed by atoms with Gasteiger partial charge >= 0.3 is 0 Å². The Morgan fingerprint density at radius 3 is 2.68 bits per heavy atom. The zero-order chi connectivity index (χ0) is 14.4. The normalized spacial score (nSPS) is 13.7. The number of carbonyl (C=O) groups is 1. The molecule has 0 aromatic heterocycles. The van der Waals surface area contributed by atoms with Gasteiger partial charge in [-0.25, -0.2) is 0 Å². The molecule has 1 aromatic rings. The summed E-state index contributed by atoms with van der Waals surface area (Å²) in [4.78, 5) is 11.9. The molecule has 5 heteroatoms. The first-order valence-electron chi connectivity index (χ1n) is 6.36. The number of hydrogen-bond acceptors (Lipinski definition) is 2. The molecule has 2 atom stereocenters. The van der Waals surface area contributed by atoms with Gasteiger partial charge in [0, 0.05) is 17.1 Å². The number of carbonyl (C=O) groups excluding carboxylic acids is 1. The number of hydrogen-bond donors (Lipinski definition) is 1. The van der Waals surface area contributed by atoms with E-state index in [0.717, 1.165) is 12.8 Å². The van der Waals surface area contributed by atoms with Crippen LogP contribution in [0.25, 0.3) is 0 Å². The standard InChI is InChI=1S/C14H19Cl2NO2/c1-4-5-9(2)17-14(18)10(3)19-13-8-11(15)6-7-12(13)16/h6-10H,4-5H2,1-3H3,(H,17,18)/t9-,10+/m1/s1. The van der Waals surface area contributed by atoms with E-state index in [1.54, 1.807) is 25.1 Å². The predicted octanol–water partition coefficient (Wildman–Crippen LogP) is 4.07. The number of rotatable bonds is 6. The molecule has 1 N–H and O–H groups in total. The first-order chi connectivity index (χ1) is 8.93. The van der Waals surface area contributed by atoms with Crippen LogP contribution in [0.5, 0.6) is 5.75 Å². The van der Waals surface area contributed by atoms with Crippen molar-refractivity contribution >= 4 is 29.1 Å². The maximum absolute atomic E-state index is 11.9. The number of ether oxygens (including phenoxy) is 1. The number of benzene rings is 1. The Kier molecular flexibility index (Phi) is 6.46. The average Bonchev–Trinajstić information content (AvgIpc) is 2.34. The van der Waals surface area contributed by atoms with Gasteiger partial charge in [-0.2, -0.15) is 0 Å². The topological polar surface area (TPSA) is 38.3 Å². The van der Waals surface area contributed by atoms with Crippen LogP contribution in [0.4, 0.5) is 0 Å². The van der Waals surface area contributed by atoms with Crippen LogP contribution in [0.15, 0.2) is 18.2 Å². The smallest absolute Gasteiger partial charge is 0.260 e. The summed E-state index contributed by atoms with van der Waals surface area (Å²) < 4.78 is 5.54. The summed E-state index contributed by atoms with van der Waals surface area (Å²) in [5, 5.41) is 3.85. The van der Waals surface area contributed by atoms with Crippen molar-refractivity contribution in [2.75, 3.05) is 0 Å². The van der Waals surface area contributed by atoms with Crippen LogP contribution in [0.2, 0.25) is 10.0 Å². The Bertz CT molecular complexity index is 437. The van der Waals surface area contributed by atoms with Gasteiger partial charge in [-0.3, -0.25) is 4.79 Å². The van der Waals surface area contributed by atoms with Gasteiger partial charge in [-0.1, -0.05) is 36.5 Å². The number of halogens is 2. The molecular weight excluding hydrogens is 285 g/mol. The summed E-state index contributed by atoms with van der Waals surface area (Å²) in [5.41, 5.74) is 0. The van der Waals surface area contributed by atoms with E-state index in [0.29, 0.717) is 15.8 Å². The van der Waals surface area contributed by atoms with E-state index in [1.807, 2.05) is 6.92 Å². The van der Waals surface area contributed by atoms with E-state index in [4.69, 9.17) is 27.9 Å². The highest BCUT2D eigenvalue weighted by molar-refractivity contribution is 6.34. The molecule has 0 fully saturated rings. The molecule has 0 saturated carbocycles. The van der Waals surface area contributed by atoms with Crippen molar-refractivity contribution < 1.29 is 9.53 Å². The Labute approximate surface area is 124 Å². The molecule has 3 nitrogen and oxygen atoms in total. The van der Waals surface area contributed by atoms with Crippen molar-refractivity contribution in [3.63, 3.8) is 0 Å². The van der Waals surface area contributed by atoms with Gasteiger partial charge in [0.2, 0.25) is 0 Å². The fourth-order valence-corrected chi connectivity index (χ4v) is 2.00. The molecule has 106 valence electrons. The van der Waals surface area contributed by atoms with Gasteiger partial charge in [-0.15, -0.1) is 0 Å². The summed E-state index contributed by atoms with van der Waals surface area (Å²) in [7, 11) is 0. The van der Waals surface area contributed by atoms with Crippen molar-refractivity contribution in [1.29, 1.82) is 0 Å². The minimum atomic E-state index is -0.615. The second kappa shape index (κ2) is 7.61. The van der Waals surface area contributed by atoms with E-state index < -0.39 is 6.10 Å². The quantitative estimate of drug-likeness (QED) is 0.860. The minimum Gasteiger partial charge on any atom is -0.479 e. The molecule has 0 spiro atoms. The first kappa shape index (κ1) is 16.1. The lowest BCUT2D eigenvalue weighted by Gasteiger charge is -2.19. The van der Waals surface area contributed by atoms with Crippen LogP contribution >= 0.6 is 23.2 Å². The molecule has 0 radical (unpaired) electrons. The molecule has 0 aliphatic rings. The largest absolute Gasteiger partial charge is 0.479 e. The third-order valence-electron chi connectivity index (χ3n) is 2.68. The van der Waals surface area contributed by atoms with Crippen molar-refractivity contribution in [3.8, 4) is 5.75 Å². The van der Waals surface area contributed by atoms with Gasteiger partial charge in [0.1, 0.15) is 5.75 Å². The monoisotopic (exact) mass is 303 g/mol. The van der Waals surface area contributed by atoms with E-state index in [1.165, 1.54) is 0 Å². The fraction of sp³-hybridized carbons (Fsp3) is 0.500. The van der Waals surface area contributed by atoms with Crippen molar-refractivity contribution in [3.05, 3.63) is 28.2 Å². The zero-order valence-corrected chi connectivity index (χ0v) is 12.9. The molecular formula is C14H19Cl2NO2. The number of nitrogens with one attached hydrogen (secondary N) is 1. The van der Waals surface area contributed by atoms with Gasteiger partial charge in [-0.05, 0) is 32.4 Å². The zero-order valence-electron chi connectivity index (χ0n) is 11.4. The Hall–Kier alpha value is -0.930. The van der Waals surface area contributed by atoms with Gasteiger partial charge < -0.3 is 10.1 Å². The Morgan fingerprint density at radius 1 is 1.37 bits per heavy atom. The molecule has 0 saturated heterocycles. The minimum absolute atomic E-state index is 0.137. The lowest BCUT2D eigenvalue weighted by atomic mass is 10.2. The summed E-state index contributed by atoms with van der Waals surface area (Å²) >= 11 is 11.9. The van der Waals surface area contributed by atoms with Crippen LogP contribution in [-0.4, -0.2) is 18.1 Å². The van der Waals surface area contributed by atoms with Gasteiger partial charge in [0.15, 0.2) is 6.10 Å². The molecule has 1 amide bonds. The maximum atomic E-state index is 11.9. The summed E-state index contributed by atoms with van der Waals surface area (Å²) in [6.45, 7) is 5.74. The van der Waals surface area contributed by atoms with Crippen molar-refractivity contribution in [2.24, 2.45) is 0 Å². The third kappa shape index (κ3) is 5.29. The number of amides is 1. The first-order valence-corrected chi connectivity index (χ1v) is 7.11. The molecule has 0 bridgehead atoms. The lowest BCUT2D eigenvalue weighted by molar-refractivity contribution is -0.127. The van der Waals surface area contributed by atoms with E-state index in [9.17, 15) is 4.79 Å². The highest BCUT2D eigenvalue weighted by atomic mass is 35.5. The van der Waals surface area contributed by atoms with Gasteiger partial charge in [0.25, 0.3) is 5.91 Å².